The molecule has 0 saturated carbocycles. The van der Waals surface area contributed by atoms with E-state index < -0.39 is 8.07 Å². The maximum absolute atomic E-state index is 6.33. The third kappa shape index (κ3) is 7.60. The molecule has 3 nitrogen and oxygen atoms in total. The first-order chi connectivity index (χ1) is 22.6. The van der Waals surface area contributed by atoms with Gasteiger partial charge in [0.1, 0.15) is 5.58 Å². The molecule has 0 aliphatic heterocycles. The van der Waals surface area contributed by atoms with Crippen molar-refractivity contribution in [1.29, 1.82) is 0 Å². The van der Waals surface area contributed by atoms with Gasteiger partial charge < -0.3 is 14.4 Å². The van der Waals surface area contributed by atoms with Gasteiger partial charge in [-0.2, -0.15) is 0 Å². The van der Waals surface area contributed by atoms with Crippen molar-refractivity contribution in [2.45, 2.75) is 59.2 Å². The summed E-state index contributed by atoms with van der Waals surface area (Å²) in [5.74, 6) is 0.984. The van der Waals surface area contributed by atoms with Crippen LogP contribution in [0.3, 0.4) is 0 Å². The number of furan rings is 1. The number of aromatic nitrogens is 2. The van der Waals surface area contributed by atoms with Crippen molar-refractivity contribution in [3.8, 4) is 33.6 Å². The maximum atomic E-state index is 6.33. The second-order valence-electron chi connectivity index (χ2n) is 13.7. The van der Waals surface area contributed by atoms with Gasteiger partial charge in [-0.15, -0.1) is 54.1 Å². The van der Waals surface area contributed by atoms with E-state index >= 15 is 0 Å². The zero-order valence-electron chi connectivity index (χ0n) is 28.8. The van der Waals surface area contributed by atoms with Gasteiger partial charge in [-0.3, -0.25) is 0 Å². The van der Waals surface area contributed by atoms with Crippen LogP contribution in [0.1, 0.15) is 50.7 Å². The summed E-state index contributed by atoms with van der Waals surface area (Å²) in [7, 11) is -1.34. The topological polar surface area (TPSA) is 38.9 Å². The number of rotatable bonds is 6. The molecule has 0 spiro atoms. The Labute approximate surface area is 299 Å². The Morgan fingerprint density at radius 3 is 2.12 bits per heavy atom. The van der Waals surface area contributed by atoms with Crippen molar-refractivity contribution in [2.24, 2.45) is 0 Å². The van der Waals surface area contributed by atoms with Crippen molar-refractivity contribution >= 4 is 35.2 Å². The second kappa shape index (κ2) is 14.9. The summed E-state index contributed by atoms with van der Waals surface area (Å²) in [5.41, 5.74) is 10.7. The standard InChI is InChI=1S/C26H20NO.C17H22NSi.Ir/c1-17(2)19-13-14-27-24(15-19)23-10-6-9-22-21-12-11-20(16-25(21)28-26(22)23)18-7-4-3-5-8-18;1-13(2)15-11-16(14-9-7-6-8-10-14)18-12-17(15)19(3,4)5;/h3-9,11-17H,1-2H3;6-9,11-13H,1-5H3;/q2*-1;. The Hall–Kier alpha value is -4.15. The van der Waals surface area contributed by atoms with Gasteiger partial charge in [0.15, 0.2) is 0 Å². The molecule has 4 aromatic carbocycles. The van der Waals surface area contributed by atoms with Gasteiger partial charge in [0.05, 0.1) is 13.7 Å². The molecule has 3 aromatic heterocycles. The van der Waals surface area contributed by atoms with Gasteiger partial charge in [0.25, 0.3) is 0 Å². The predicted octanol–water partition coefficient (Wildman–Crippen LogP) is 11.5. The minimum Gasteiger partial charge on any atom is -0.501 e. The molecular weight excluding hydrogens is 781 g/mol. The Morgan fingerprint density at radius 2 is 1.44 bits per heavy atom. The van der Waals surface area contributed by atoms with Crippen LogP contribution >= 0.6 is 0 Å². The maximum Gasteiger partial charge on any atom is 0.121 e. The number of nitrogens with zero attached hydrogens (tertiary/aromatic N) is 2. The zero-order chi connectivity index (χ0) is 33.1. The molecule has 245 valence electrons. The van der Waals surface area contributed by atoms with E-state index in [0.717, 1.165) is 50.0 Å². The van der Waals surface area contributed by atoms with Crippen LogP contribution in [-0.4, -0.2) is 18.0 Å². The average molecular weight is 823 g/mol. The van der Waals surface area contributed by atoms with Crippen LogP contribution in [0.4, 0.5) is 0 Å². The Bertz CT molecular complexity index is 2130. The van der Waals surface area contributed by atoms with E-state index in [9.17, 15) is 0 Å². The summed E-state index contributed by atoms with van der Waals surface area (Å²) < 4.78 is 6.33. The minimum absolute atomic E-state index is 0. The van der Waals surface area contributed by atoms with Crippen LogP contribution in [0, 0.1) is 12.1 Å². The van der Waals surface area contributed by atoms with E-state index in [0.29, 0.717) is 11.8 Å². The summed E-state index contributed by atoms with van der Waals surface area (Å²) in [4.78, 5) is 9.25. The van der Waals surface area contributed by atoms with Crippen LogP contribution in [0.15, 0.2) is 120 Å². The van der Waals surface area contributed by atoms with Crippen molar-refractivity contribution in [2.75, 3.05) is 0 Å². The van der Waals surface area contributed by atoms with E-state index in [1.807, 2.05) is 36.5 Å². The van der Waals surface area contributed by atoms with Crippen LogP contribution in [0.2, 0.25) is 19.6 Å². The molecule has 0 fully saturated rings. The quantitative estimate of drug-likeness (QED) is 0.124. The molecule has 3 heterocycles. The third-order valence-electron chi connectivity index (χ3n) is 8.60. The molecular formula is C43H42IrN2OSi-2. The van der Waals surface area contributed by atoms with Gasteiger partial charge in [-0.05, 0) is 51.7 Å². The summed E-state index contributed by atoms with van der Waals surface area (Å²) in [6, 6.07) is 41.9. The summed E-state index contributed by atoms with van der Waals surface area (Å²) in [5, 5.41) is 3.69. The number of fused-ring (bicyclic) bond motifs is 3. The average Bonchev–Trinajstić information content (AvgIpc) is 3.47. The molecule has 0 amide bonds. The van der Waals surface area contributed by atoms with Gasteiger partial charge in [-0.1, -0.05) is 124 Å². The SMILES string of the molecule is CC(C)c1cc(-c2[c-]cccc2)ncc1[Si](C)(C)C.CC(C)c1ccnc(-c2[c-]ccc3c2oc2cc(-c4ccccc4)ccc23)c1.[Ir]. The molecule has 1 radical (unpaired) electrons. The zero-order valence-corrected chi connectivity index (χ0v) is 32.2. The van der Waals surface area contributed by atoms with E-state index in [1.54, 1.807) is 0 Å². The molecule has 48 heavy (non-hydrogen) atoms. The fourth-order valence-electron chi connectivity index (χ4n) is 5.96. The third-order valence-corrected chi connectivity index (χ3v) is 10.6. The Balaban J connectivity index is 0.000000198. The van der Waals surface area contributed by atoms with Crippen molar-refractivity contribution in [1.82, 2.24) is 9.97 Å². The molecule has 0 atom stereocenters. The molecule has 0 unspecified atom stereocenters. The van der Waals surface area contributed by atoms with Gasteiger partial charge in [0, 0.05) is 37.9 Å². The summed E-state index contributed by atoms with van der Waals surface area (Å²) >= 11 is 0. The summed E-state index contributed by atoms with van der Waals surface area (Å²) in [6.07, 6.45) is 3.96. The van der Waals surface area contributed by atoms with Crippen LogP contribution < -0.4 is 5.19 Å². The molecule has 0 saturated heterocycles. The second-order valence-corrected chi connectivity index (χ2v) is 18.8. The van der Waals surface area contributed by atoms with E-state index in [4.69, 9.17) is 4.42 Å². The van der Waals surface area contributed by atoms with Crippen LogP contribution in [0.25, 0.3) is 55.6 Å². The molecule has 5 heteroatoms. The first kappa shape index (κ1) is 35.2. The van der Waals surface area contributed by atoms with Crippen molar-refractivity contribution < 1.29 is 24.5 Å². The van der Waals surface area contributed by atoms with Crippen LogP contribution in [0.5, 0.6) is 0 Å². The van der Waals surface area contributed by atoms with Gasteiger partial charge in [-0.25, -0.2) is 0 Å². The Morgan fingerprint density at radius 1 is 0.667 bits per heavy atom. The monoisotopic (exact) mass is 823 g/mol. The first-order valence-electron chi connectivity index (χ1n) is 16.5. The van der Waals surface area contributed by atoms with E-state index in [-0.39, 0.29) is 20.1 Å². The van der Waals surface area contributed by atoms with E-state index in [2.05, 4.69) is 148 Å². The van der Waals surface area contributed by atoms with Crippen molar-refractivity contribution in [3.63, 3.8) is 0 Å². The number of hydrogen-bond donors (Lipinski definition) is 0. The fourth-order valence-corrected chi connectivity index (χ4v) is 7.64. The largest absolute Gasteiger partial charge is 0.501 e. The van der Waals surface area contributed by atoms with E-state index in [1.165, 1.54) is 21.9 Å². The predicted molar refractivity (Wildman–Crippen MR) is 201 cm³/mol. The van der Waals surface area contributed by atoms with Gasteiger partial charge in [0.2, 0.25) is 0 Å². The smallest absolute Gasteiger partial charge is 0.121 e. The first-order valence-corrected chi connectivity index (χ1v) is 20.0. The molecule has 7 rings (SSSR count). The normalized spacial score (nSPS) is 11.4. The van der Waals surface area contributed by atoms with Crippen LogP contribution in [-0.2, 0) is 20.1 Å². The van der Waals surface area contributed by atoms with Crippen molar-refractivity contribution in [3.05, 3.63) is 139 Å². The molecule has 7 aromatic rings. The molecule has 0 aliphatic carbocycles. The summed E-state index contributed by atoms with van der Waals surface area (Å²) in [6.45, 7) is 16.0. The van der Waals surface area contributed by atoms with Gasteiger partial charge >= 0.3 is 0 Å². The molecule has 0 aliphatic rings. The Kier molecular flexibility index (Phi) is 10.9. The minimum atomic E-state index is -1.34. The molecule has 0 bridgehead atoms. The number of benzene rings is 4. The number of hydrogen-bond acceptors (Lipinski definition) is 3. The number of pyridine rings is 2. The molecule has 0 N–H and O–H groups in total. The fraction of sp³-hybridized carbons (Fsp3) is 0.209.